The van der Waals surface area contributed by atoms with Crippen molar-refractivity contribution in [3.05, 3.63) is 72.9 Å². The SMILES string of the molecule is C/C=C/CC/C=C/CC/C=C/C(O)C(COC1OC(CO)C(O)C(O)C1O)NC(=O)CCCCCCCCCCCCCCCCC/C=C\C/C=C\CCCCCCCCCCCOC(=O)CCCCCCC/C=C\CCCCCCCC. The van der Waals surface area contributed by atoms with Crippen LogP contribution in [-0.2, 0) is 23.8 Å². The minimum Gasteiger partial charge on any atom is -0.466 e. The molecule has 1 rings (SSSR count). The van der Waals surface area contributed by atoms with Crippen molar-refractivity contribution in [3.63, 3.8) is 0 Å². The molecule has 1 aliphatic heterocycles. The Labute approximate surface area is 509 Å². The van der Waals surface area contributed by atoms with Crippen molar-refractivity contribution in [2.75, 3.05) is 19.8 Å². The molecule has 0 aromatic rings. The van der Waals surface area contributed by atoms with E-state index in [2.05, 4.69) is 66.9 Å². The number of hydrogen-bond donors (Lipinski definition) is 6. The molecule has 0 bridgehead atoms. The molecule has 0 aromatic heterocycles. The number of nitrogens with one attached hydrogen (secondary N) is 1. The number of unbranched alkanes of at least 4 members (excludes halogenated alkanes) is 37. The van der Waals surface area contributed by atoms with E-state index in [9.17, 15) is 35.1 Å². The van der Waals surface area contributed by atoms with Gasteiger partial charge in [-0.2, -0.15) is 0 Å². The molecule has 7 unspecified atom stereocenters. The third-order valence-electron chi connectivity index (χ3n) is 16.1. The first-order valence-electron chi connectivity index (χ1n) is 34.7. The molecule has 1 saturated heterocycles. The van der Waals surface area contributed by atoms with Crippen LogP contribution in [-0.4, -0.2) is 100 Å². The molecule has 0 spiro atoms. The summed E-state index contributed by atoms with van der Waals surface area (Å²) >= 11 is 0. The predicted molar refractivity (Wildman–Crippen MR) is 347 cm³/mol. The van der Waals surface area contributed by atoms with Gasteiger partial charge in [-0.25, -0.2) is 0 Å². The largest absolute Gasteiger partial charge is 0.466 e. The van der Waals surface area contributed by atoms with Gasteiger partial charge in [0.05, 0.1) is 32.0 Å². The van der Waals surface area contributed by atoms with Crippen LogP contribution in [0.5, 0.6) is 0 Å². The second-order valence-electron chi connectivity index (χ2n) is 23.9. The Morgan fingerprint density at radius 3 is 1.34 bits per heavy atom. The minimum absolute atomic E-state index is 0.00367. The maximum Gasteiger partial charge on any atom is 0.305 e. The van der Waals surface area contributed by atoms with Crippen LogP contribution < -0.4 is 5.32 Å². The van der Waals surface area contributed by atoms with Crippen molar-refractivity contribution in [1.82, 2.24) is 5.32 Å². The van der Waals surface area contributed by atoms with Crippen LogP contribution in [0.15, 0.2) is 72.9 Å². The van der Waals surface area contributed by atoms with Crippen molar-refractivity contribution in [1.29, 1.82) is 0 Å². The molecule has 11 heteroatoms. The van der Waals surface area contributed by atoms with Crippen LogP contribution in [0.25, 0.3) is 0 Å². The highest BCUT2D eigenvalue weighted by Gasteiger charge is 2.44. The number of carbonyl (C=O) groups excluding carboxylic acids is 2. The lowest BCUT2D eigenvalue weighted by molar-refractivity contribution is -0.302. The van der Waals surface area contributed by atoms with Crippen LogP contribution in [0.2, 0.25) is 0 Å². The van der Waals surface area contributed by atoms with Crippen molar-refractivity contribution >= 4 is 11.9 Å². The Hall–Kier alpha value is -2.90. The third kappa shape index (κ3) is 49.9. The van der Waals surface area contributed by atoms with Gasteiger partial charge in [-0.15, -0.1) is 0 Å². The Kier molecular flexibility index (Phi) is 57.2. The maximum atomic E-state index is 13.0. The third-order valence-corrected chi connectivity index (χ3v) is 16.1. The summed E-state index contributed by atoms with van der Waals surface area (Å²) in [6.07, 6.45) is 72.2. The lowest BCUT2D eigenvalue weighted by atomic mass is 9.99. The summed E-state index contributed by atoms with van der Waals surface area (Å²) < 4.78 is 16.7. The molecule has 482 valence electrons. The smallest absolute Gasteiger partial charge is 0.305 e. The van der Waals surface area contributed by atoms with Crippen molar-refractivity contribution < 1.29 is 49.3 Å². The highest BCUT2D eigenvalue weighted by Crippen LogP contribution is 2.23. The number of carbonyl (C=O) groups is 2. The molecule has 0 saturated carbocycles. The molecule has 0 aromatic carbocycles. The number of esters is 1. The fourth-order valence-electron chi connectivity index (χ4n) is 10.6. The zero-order valence-electron chi connectivity index (χ0n) is 53.4. The van der Waals surface area contributed by atoms with Gasteiger partial charge < -0.3 is 45.1 Å². The summed E-state index contributed by atoms with van der Waals surface area (Å²) in [5, 5.41) is 54.2. The molecule has 0 aliphatic carbocycles. The quantitative estimate of drug-likeness (QED) is 0.0195. The summed E-state index contributed by atoms with van der Waals surface area (Å²) in [5.41, 5.74) is 0. The predicted octanol–water partition coefficient (Wildman–Crippen LogP) is 17.5. The van der Waals surface area contributed by atoms with Crippen LogP contribution >= 0.6 is 0 Å². The first-order valence-corrected chi connectivity index (χ1v) is 34.7. The van der Waals surface area contributed by atoms with E-state index in [0.29, 0.717) is 19.4 Å². The molecule has 83 heavy (non-hydrogen) atoms. The normalized spacial score (nSPS) is 18.6. The van der Waals surface area contributed by atoms with E-state index in [0.717, 1.165) is 70.6 Å². The number of allylic oxidation sites excluding steroid dienone is 11. The fourth-order valence-corrected chi connectivity index (χ4v) is 10.6. The van der Waals surface area contributed by atoms with Gasteiger partial charge in [-0.3, -0.25) is 9.59 Å². The van der Waals surface area contributed by atoms with Gasteiger partial charge in [0.2, 0.25) is 5.91 Å². The van der Waals surface area contributed by atoms with Gasteiger partial charge in [0, 0.05) is 12.8 Å². The Bertz CT molecular complexity index is 1610. The van der Waals surface area contributed by atoms with Crippen molar-refractivity contribution in [2.24, 2.45) is 0 Å². The average molecular weight is 1170 g/mol. The number of ether oxygens (including phenoxy) is 3. The molecule has 1 aliphatic rings. The van der Waals surface area contributed by atoms with E-state index in [1.807, 2.05) is 19.1 Å². The van der Waals surface area contributed by atoms with E-state index in [1.54, 1.807) is 6.08 Å². The van der Waals surface area contributed by atoms with Gasteiger partial charge in [-0.05, 0) is 110 Å². The van der Waals surface area contributed by atoms with E-state index < -0.39 is 49.5 Å². The molecule has 7 atom stereocenters. The summed E-state index contributed by atoms with van der Waals surface area (Å²) in [4.78, 5) is 25.1. The maximum absolute atomic E-state index is 13.0. The number of rotatable bonds is 60. The minimum atomic E-state index is -1.58. The standard InChI is InChI=1S/C72H129NO10/c1-3-5-7-9-11-13-14-15-33-37-40-44-48-52-56-60-68(77)81-61-57-53-49-45-41-38-35-32-30-28-26-24-22-20-18-16-17-19-21-23-25-27-29-31-34-36-39-43-47-51-55-59-67(76)73-64(65(75)58-54-50-46-42-12-10-8-6-4-2)63-82-72-71(80)70(79)69(78)66(62-74)83-72/h4,6,12,15,18,20,24,26,33,42,54,58,64-66,69-72,74-75,78-80H,3,5,7-11,13-14,16-17,19,21-23,25,27-32,34-41,43-53,55-57,59-63H2,1-2H3,(H,73,76)/b6-4+,20-18-,26-24-,33-15-,42-12+,58-54+. The second kappa shape index (κ2) is 60.8. The summed E-state index contributed by atoms with van der Waals surface area (Å²) in [6, 6.07) is -0.834. The van der Waals surface area contributed by atoms with Gasteiger partial charge in [-0.1, -0.05) is 260 Å². The monoisotopic (exact) mass is 1170 g/mol. The molecule has 1 amide bonds. The van der Waals surface area contributed by atoms with Gasteiger partial charge in [0.25, 0.3) is 0 Å². The van der Waals surface area contributed by atoms with E-state index in [-0.39, 0.29) is 18.5 Å². The molecule has 1 fully saturated rings. The molecule has 0 radical (unpaired) electrons. The van der Waals surface area contributed by atoms with Crippen LogP contribution in [0.4, 0.5) is 0 Å². The Morgan fingerprint density at radius 1 is 0.470 bits per heavy atom. The molecule has 6 N–H and O–H groups in total. The van der Waals surface area contributed by atoms with Crippen molar-refractivity contribution in [3.8, 4) is 0 Å². The van der Waals surface area contributed by atoms with Gasteiger partial charge in [0.1, 0.15) is 24.4 Å². The van der Waals surface area contributed by atoms with Gasteiger partial charge >= 0.3 is 5.97 Å². The first kappa shape index (κ1) is 78.1. The Balaban J connectivity index is 1.93. The van der Waals surface area contributed by atoms with Crippen LogP contribution in [0, 0.1) is 0 Å². The second-order valence-corrected chi connectivity index (χ2v) is 23.9. The zero-order chi connectivity index (χ0) is 60.2. The lowest BCUT2D eigenvalue weighted by Gasteiger charge is -2.40. The molecular formula is C72H129NO10. The molecular weight excluding hydrogens is 1040 g/mol. The number of aliphatic hydroxyl groups is 5. The van der Waals surface area contributed by atoms with Gasteiger partial charge in [0.15, 0.2) is 6.29 Å². The van der Waals surface area contributed by atoms with E-state index >= 15 is 0 Å². The van der Waals surface area contributed by atoms with Crippen LogP contribution in [0.3, 0.4) is 0 Å². The van der Waals surface area contributed by atoms with Crippen LogP contribution in [0.1, 0.15) is 309 Å². The summed E-state index contributed by atoms with van der Waals surface area (Å²) in [5.74, 6) is -0.203. The zero-order valence-corrected chi connectivity index (χ0v) is 53.4. The lowest BCUT2D eigenvalue weighted by Crippen LogP contribution is -2.60. The first-order chi connectivity index (χ1) is 40.7. The number of hydrogen-bond acceptors (Lipinski definition) is 10. The highest BCUT2D eigenvalue weighted by molar-refractivity contribution is 5.76. The van der Waals surface area contributed by atoms with E-state index in [1.165, 1.54) is 212 Å². The topological polar surface area (TPSA) is 175 Å². The number of aliphatic hydroxyl groups excluding tert-OH is 5. The highest BCUT2D eigenvalue weighted by atomic mass is 16.7. The van der Waals surface area contributed by atoms with E-state index in [4.69, 9.17) is 14.2 Å². The Morgan fingerprint density at radius 2 is 0.867 bits per heavy atom. The summed E-state index contributed by atoms with van der Waals surface area (Å²) in [7, 11) is 0. The molecule has 1 heterocycles. The summed E-state index contributed by atoms with van der Waals surface area (Å²) in [6.45, 7) is 4.09. The van der Waals surface area contributed by atoms with Crippen molar-refractivity contribution in [2.45, 2.75) is 352 Å². The average Bonchev–Trinajstić information content (AvgIpc) is 3.57. The number of amides is 1. The fraction of sp³-hybridized carbons (Fsp3) is 0.806. The molecule has 11 nitrogen and oxygen atoms in total.